The Morgan fingerprint density at radius 3 is 2.41 bits per heavy atom. The molecule has 112 valence electrons. The van der Waals surface area contributed by atoms with Crippen molar-refractivity contribution >= 4 is 17.2 Å². The van der Waals surface area contributed by atoms with E-state index in [0.717, 1.165) is 40.4 Å². The summed E-state index contributed by atoms with van der Waals surface area (Å²) >= 11 is 0. The first-order valence-corrected chi connectivity index (χ1v) is 7.84. The van der Waals surface area contributed by atoms with Crippen LogP contribution in [0.1, 0.15) is 48.2 Å². The summed E-state index contributed by atoms with van der Waals surface area (Å²) in [6.45, 7) is 6.50. The number of aromatic nitrogens is 1. The minimum atomic E-state index is 0.508. The highest BCUT2D eigenvalue weighted by molar-refractivity contribution is 6.05. The van der Waals surface area contributed by atoms with E-state index in [1.165, 1.54) is 11.1 Å². The number of aromatic amines is 1. The molecule has 2 nitrogen and oxygen atoms in total. The van der Waals surface area contributed by atoms with Gasteiger partial charge in [0.15, 0.2) is 6.29 Å². The maximum atomic E-state index is 11.6. The van der Waals surface area contributed by atoms with Crippen molar-refractivity contribution in [3.63, 3.8) is 0 Å². The van der Waals surface area contributed by atoms with Gasteiger partial charge in [-0.25, -0.2) is 0 Å². The van der Waals surface area contributed by atoms with Crippen molar-refractivity contribution in [2.45, 2.75) is 33.1 Å². The Balaban J connectivity index is 2.19. The van der Waals surface area contributed by atoms with E-state index in [4.69, 9.17) is 0 Å². The summed E-state index contributed by atoms with van der Waals surface area (Å²) in [7, 11) is 0. The van der Waals surface area contributed by atoms with Gasteiger partial charge in [-0.05, 0) is 29.0 Å². The Hall–Kier alpha value is -2.35. The van der Waals surface area contributed by atoms with E-state index in [1.807, 2.05) is 12.1 Å². The van der Waals surface area contributed by atoms with Crippen LogP contribution in [-0.2, 0) is 6.42 Å². The van der Waals surface area contributed by atoms with E-state index >= 15 is 0 Å². The zero-order valence-corrected chi connectivity index (χ0v) is 13.3. The predicted molar refractivity (Wildman–Crippen MR) is 92.6 cm³/mol. The molecular weight excluding hydrogens is 270 g/mol. The Bertz CT molecular complexity index is 810. The molecule has 0 saturated heterocycles. The van der Waals surface area contributed by atoms with Gasteiger partial charge in [-0.1, -0.05) is 63.2 Å². The Labute approximate surface area is 131 Å². The third-order valence-electron chi connectivity index (χ3n) is 4.33. The van der Waals surface area contributed by atoms with Gasteiger partial charge in [0.25, 0.3) is 0 Å². The van der Waals surface area contributed by atoms with Crippen molar-refractivity contribution in [3.8, 4) is 11.3 Å². The van der Waals surface area contributed by atoms with Crippen molar-refractivity contribution in [3.05, 3.63) is 59.2 Å². The third kappa shape index (κ3) is 2.35. The second-order valence-electron chi connectivity index (χ2n) is 6.00. The number of aryl methyl sites for hydroxylation is 1. The number of hydrogen-bond acceptors (Lipinski definition) is 1. The average molecular weight is 291 g/mol. The number of rotatable bonds is 4. The van der Waals surface area contributed by atoms with E-state index in [0.29, 0.717) is 5.92 Å². The van der Waals surface area contributed by atoms with Crippen molar-refractivity contribution in [2.75, 3.05) is 0 Å². The molecule has 3 aromatic rings. The van der Waals surface area contributed by atoms with E-state index in [-0.39, 0.29) is 0 Å². The monoisotopic (exact) mass is 291 g/mol. The summed E-state index contributed by atoms with van der Waals surface area (Å²) in [6, 6.07) is 14.6. The van der Waals surface area contributed by atoms with E-state index < -0.39 is 0 Å². The first-order valence-electron chi connectivity index (χ1n) is 7.84. The Morgan fingerprint density at radius 2 is 1.82 bits per heavy atom. The highest BCUT2D eigenvalue weighted by atomic mass is 16.1. The molecule has 1 heterocycles. The number of para-hydroxylation sites is 1. The van der Waals surface area contributed by atoms with Gasteiger partial charge in [0.05, 0.1) is 5.69 Å². The molecule has 2 heteroatoms. The van der Waals surface area contributed by atoms with Crippen LogP contribution in [0, 0.1) is 0 Å². The number of aldehydes is 1. The van der Waals surface area contributed by atoms with Gasteiger partial charge < -0.3 is 4.98 Å². The van der Waals surface area contributed by atoms with Gasteiger partial charge in [-0.2, -0.15) is 0 Å². The zero-order valence-electron chi connectivity index (χ0n) is 13.3. The maximum absolute atomic E-state index is 11.6. The molecule has 0 spiro atoms. The number of hydrogen-bond donors (Lipinski definition) is 1. The molecule has 1 aromatic heterocycles. The summed E-state index contributed by atoms with van der Waals surface area (Å²) < 4.78 is 0. The lowest BCUT2D eigenvalue weighted by Gasteiger charge is -2.06. The molecule has 0 unspecified atom stereocenters. The van der Waals surface area contributed by atoms with Crippen molar-refractivity contribution in [1.29, 1.82) is 0 Å². The summed E-state index contributed by atoms with van der Waals surface area (Å²) in [5.41, 5.74) is 6.36. The first kappa shape index (κ1) is 14.6. The molecule has 0 aliphatic carbocycles. The molecule has 0 aliphatic rings. The van der Waals surface area contributed by atoms with Crippen LogP contribution in [0.3, 0.4) is 0 Å². The molecule has 0 bridgehead atoms. The molecule has 1 N–H and O–H groups in total. The molecular formula is C20H21NO. The molecule has 0 fully saturated rings. The number of nitrogens with one attached hydrogen (secondary N) is 1. The summed E-state index contributed by atoms with van der Waals surface area (Å²) in [5, 5.41) is 1.01. The van der Waals surface area contributed by atoms with Crippen LogP contribution in [0.4, 0.5) is 0 Å². The zero-order chi connectivity index (χ0) is 15.7. The Kier molecular flexibility index (Phi) is 3.84. The van der Waals surface area contributed by atoms with Crippen LogP contribution < -0.4 is 0 Å². The second kappa shape index (κ2) is 5.80. The normalized spacial score (nSPS) is 11.3. The van der Waals surface area contributed by atoms with Gasteiger partial charge in [-0.15, -0.1) is 0 Å². The van der Waals surface area contributed by atoms with E-state index in [9.17, 15) is 4.79 Å². The quantitative estimate of drug-likeness (QED) is 0.647. The number of carbonyl (C=O) groups is 1. The van der Waals surface area contributed by atoms with Crippen molar-refractivity contribution in [2.24, 2.45) is 0 Å². The Morgan fingerprint density at radius 1 is 1.09 bits per heavy atom. The van der Waals surface area contributed by atoms with E-state index in [1.54, 1.807) is 0 Å². The average Bonchev–Trinajstić information content (AvgIpc) is 2.93. The summed E-state index contributed by atoms with van der Waals surface area (Å²) in [4.78, 5) is 15.1. The summed E-state index contributed by atoms with van der Waals surface area (Å²) in [6.07, 6.45) is 1.91. The summed E-state index contributed by atoms with van der Waals surface area (Å²) in [5.74, 6) is 0.508. The lowest BCUT2D eigenvalue weighted by atomic mass is 9.99. The van der Waals surface area contributed by atoms with Crippen LogP contribution in [0.2, 0.25) is 0 Å². The molecule has 3 rings (SSSR count). The van der Waals surface area contributed by atoms with Gasteiger partial charge >= 0.3 is 0 Å². The molecule has 0 aliphatic heterocycles. The topological polar surface area (TPSA) is 32.9 Å². The fraction of sp³-hybridized carbons (Fsp3) is 0.250. The maximum Gasteiger partial charge on any atom is 0.152 e. The van der Waals surface area contributed by atoms with Crippen LogP contribution in [-0.4, -0.2) is 11.3 Å². The molecule has 0 saturated carbocycles. The van der Waals surface area contributed by atoms with Gasteiger partial charge in [0, 0.05) is 16.5 Å². The highest BCUT2D eigenvalue weighted by Gasteiger charge is 2.14. The molecule has 0 atom stereocenters. The highest BCUT2D eigenvalue weighted by Crippen LogP contribution is 2.31. The lowest BCUT2D eigenvalue weighted by molar-refractivity contribution is 0.112. The second-order valence-corrected chi connectivity index (χ2v) is 6.00. The lowest BCUT2D eigenvalue weighted by Crippen LogP contribution is -1.88. The van der Waals surface area contributed by atoms with Crippen molar-refractivity contribution in [1.82, 2.24) is 4.98 Å². The van der Waals surface area contributed by atoms with Crippen molar-refractivity contribution < 1.29 is 4.79 Å². The molecule has 0 amide bonds. The van der Waals surface area contributed by atoms with Gasteiger partial charge in [-0.3, -0.25) is 4.79 Å². The predicted octanol–water partition coefficient (Wildman–Crippen LogP) is 5.33. The molecule has 0 radical (unpaired) electrons. The first-order chi connectivity index (χ1) is 10.7. The number of H-pyrrole nitrogens is 1. The van der Waals surface area contributed by atoms with Crippen LogP contribution in [0.5, 0.6) is 0 Å². The van der Waals surface area contributed by atoms with Crippen LogP contribution in [0.25, 0.3) is 22.2 Å². The number of carbonyl (C=O) groups excluding carboxylic acids is 1. The minimum absolute atomic E-state index is 0.508. The van der Waals surface area contributed by atoms with Gasteiger partial charge in [0.1, 0.15) is 0 Å². The minimum Gasteiger partial charge on any atom is -0.354 e. The van der Waals surface area contributed by atoms with Crippen LogP contribution in [0.15, 0.2) is 42.5 Å². The molecule has 2 aromatic carbocycles. The smallest absolute Gasteiger partial charge is 0.152 e. The largest absolute Gasteiger partial charge is 0.354 e. The SMILES string of the molecule is CCc1cccc2c(C=O)c(-c3ccc(C(C)C)cc3)[nH]c12. The molecule has 22 heavy (non-hydrogen) atoms. The number of benzene rings is 2. The standard InChI is InChI=1S/C20H21NO/c1-4-14-6-5-7-17-18(12-22)20(21-19(14)17)16-10-8-15(9-11-16)13(2)3/h5-13,21H,4H2,1-3H3. The van der Waals surface area contributed by atoms with Gasteiger partial charge in [0.2, 0.25) is 0 Å². The fourth-order valence-corrected chi connectivity index (χ4v) is 2.98. The number of fused-ring (bicyclic) bond motifs is 1. The fourth-order valence-electron chi connectivity index (χ4n) is 2.98. The third-order valence-corrected chi connectivity index (χ3v) is 4.33. The van der Waals surface area contributed by atoms with Crippen LogP contribution >= 0.6 is 0 Å². The van der Waals surface area contributed by atoms with E-state index in [2.05, 4.69) is 56.1 Å².